The van der Waals surface area contributed by atoms with Crippen LogP contribution in [0.3, 0.4) is 0 Å². The molecule has 2 aromatic rings. The highest BCUT2D eigenvalue weighted by Crippen LogP contribution is 2.61. The number of carbonyl (C=O) groups is 1. The zero-order valence-electron chi connectivity index (χ0n) is 15.4. The van der Waals surface area contributed by atoms with Gasteiger partial charge in [-0.25, -0.2) is 0 Å². The summed E-state index contributed by atoms with van der Waals surface area (Å²) < 4.78 is 0. The number of benzene rings is 1. The first-order chi connectivity index (χ1) is 13.1. The fraction of sp³-hybridized carbons (Fsp3) is 0.500. The zero-order chi connectivity index (χ0) is 18.4. The number of thiocarbonyl (C=S) groups is 1. The van der Waals surface area contributed by atoms with E-state index < -0.39 is 0 Å². The summed E-state index contributed by atoms with van der Waals surface area (Å²) in [5.41, 5.74) is 2.02. The maximum Gasteiger partial charge on any atom is 0.226 e. The van der Waals surface area contributed by atoms with Crippen molar-refractivity contribution in [3.05, 3.63) is 36.5 Å². The van der Waals surface area contributed by atoms with Gasteiger partial charge in [0.1, 0.15) is 0 Å². The molecule has 1 amide bonds. The average Bonchev–Trinajstić information content (AvgIpc) is 2.60. The Hall–Kier alpha value is -2.01. The van der Waals surface area contributed by atoms with E-state index in [0.29, 0.717) is 11.5 Å². The normalized spacial score (nSPS) is 31.0. The van der Waals surface area contributed by atoms with Crippen LogP contribution in [-0.2, 0) is 4.79 Å². The highest BCUT2D eigenvalue weighted by atomic mass is 32.1. The molecule has 0 aliphatic heterocycles. The van der Waals surface area contributed by atoms with Crippen molar-refractivity contribution in [2.75, 3.05) is 5.32 Å². The number of hydrogen-bond donors (Lipinski definition) is 2. The summed E-state index contributed by atoms with van der Waals surface area (Å²) >= 11 is 5.42. The van der Waals surface area contributed by atoms with Crippen molar-refractivity contribution in [2.45, 2.75) is 44.9 Å². The Morgan fingerprint density at radius 3 is 2.48 bits per heavy atom. The molecule has 0 atom stereocenters. The van der Waals surface area contributed by atoms with Gasteiger partial charge in [0, 0.05) is 23.7 Å². The summed E-state index contributed by atoms with van der Waals surface area (Å²) in [4.78, 5) is 17.1. The second-order valence-corrected chi connectivity index (χ2v) is 9.38. The van der Waals surface area contributed by atoms with Crippen LogP contribution in [-0.4, -0.2) is 16.0 Å². The number of fused-ring (bicyclic) bond motifs is 1. The highest BCUT2D eigenvalue weighted by Gasteiger charge is 2.51. The maximum atomic E-state index is 12.7. The monoisotopic (exact) mass is 379 g/mol. The number of nitrogens with zero attached hydrogens (tertiary/aromatic N) is 1. The topological polar surface area (TPSA) is 54.0 Å². The predicted octanol–water partition coefficient (Wildman–Crippen LogP) is 4.65. The van der Waals surface area contributed by atoms with E-state index in [1.54, 1.807) is 6.20 Å². The summed E-state index contributed by atoms with van der Waals surface area (Å²) in [5.74, 6) is 2.64. The van der Waals surface area contributed by atoms with Crippen LogP contribution in [0, 0.1) is 23.2 Å². The third-order valence-corrected chi connectivity index (χ3v) is 7.05. The lowest BCUT2D eigenvalue weighted by Crippen LogP contribution is -2.48. The molecule has 0 unspecified atom stereocenters. The molecule has 1 aromatic carbocycles. The van der Waals surface area contributed by atoms with E-state index in [9.17, 15) is 4.79 Å². The van der Waals surface area contributed by atoms with Gasteiger partial charge >= 0.3 is 0 Å². The van der Waals surface area contributed by atoms with Crippen molar-refractivity contribution >= 4 is 39.8 Å². The van der Waals surface area contributed by atoms with Crippen LogP contribution >= 0.6 is 12.2 Å². The van der Waals surface area contributed by atoms with Crippen LogP contribution in [0.4, 0.5) is 5.69 Å². The molecule has 2 N–H and O–H groups in total. The molecule has 4 fully saturated rings. The molecule has 5 heteroatoms. The minimum absolute atomic E-state index is 0.0628. The van der Waals surface area contributed by atoms with Gasteiger partial charge in [0.15, 0.2) is 5.11 Å². The molecule has 4 aliphatic carbocycles. The molecule has 4 aliphatic rings. The van der Waals surface area contributed by atoms with Crippen LogP contribution < -0.4 is 10.6 Å². The summed E-state index contributed by atoms with van der Waals surface area (Å²) in [6.07, 6.45) is 10.3. The van der Waals surface area contributed by atoms with Gasteiger partial charge in [-0.3, -0.25) is 9.78 Å². The minimum Gasteiger partial charge on any atom is -0.332 e. The fourth-order valence-corrected chi connectivity index (χ4v) is 6.61. The number of carbonyl (C=O) groups excluding carboxylic acids is 1. The summed E-state index contributed by atoms with van der Waals surface area (Å²) in [7, 11) is 0. The van der Waals surface area contributed by atoms with E-state index in [2.05, 4.69) is 15.6 Å². The van der Waals surface area contributed by atoms with Crippen molar-refractivity contribution in [3.63, 3.8) is 0 Å². The summed E-state index contributed by atoms with van der Waals surface area (Å²) in [6.45, 7) is 0. The third-order valence-electron chi connectivity index (χ3n) is 6.85. The Morgan fingerprint density at radius 1 is 1.07 bits per heavy atom. The molecule has 4 saturated carbocycles. The molecule has 1 heterocycles. The standard InChI is InChI=1S/C22H25N3OS/c26-20(13-22-10-14-7-15(11-22)9-16(8-14)12-22)25-21(27)24-19-5-1-4-18-17(19)3-2-6-23-18/h1-6,14-16H,7-13H2,(H2,24,25,26,27). The second-order valence-electron chi connectivity index (χ2n) is 8.97. The largest absolute Gasteiger partial charge is 0.332 e. The Morgan fingerprint density at radius 2 is 1.78 bits per heavy atom. The molecule has 0 radical (unpaired) electrons. The van der Waals surface area contributed by atoms with E-state index in [1.807, 2.05) is 30.3 Å². The van der Waals surface area contributed by atoms with Gasteiger partial charge in [-0.05, 0) is 98.2 Å². The molecule has 27 heavy (non-hydrogen) atoms. The number of amides is 1. The lowest BCUT2D eigenvalue weighted by Gasteiger charge is -2.56. The molecular weight excluding hydrogens is 354 g/mol. The van der Waals surface area contributed by atoms with Crippen molar-refractivity contribution < 1.29 is 4.79 Å². The first-order valence-electron chi connectivity index (χ1n) is 10.0. The van der Waals surface area contributed by atoms with Gasteiger partial charge in [0.05, 0.1) is 5.52 Å². The van der Waals surface area contributed by atoms with Gasteiger partial charge in [0.2, 0.25) is 5.91 Å². The Kier molecular flexibility index (Phi) is 4.15. The fourth-order valence-electron chi connectivity index (χ4n) is 6.38. The van der Waals surface area contributed by atoms with Gasteiger partial charge in [-0.15, -0.1) is 0 Å². The lowest BCUT2D eigenvalue weighted by molar-refractivity contribution is -0.127. The number of anilines is 1. The molecule has 0 saturated heterocycles. The summed E-state index contributed by atoms with van der Waals surface area (Å²) in [5, 5.41) is 7.49. The molecule has 4 nitrogen and oxygen atoms in total. The van der Waals surface area contributed by atoms with Crippen LogP contribution in [0.1, 0.15) is 44.9 Å². The number of hydrogen-bond acceptors (Lipinski definition) is 3. The third kappa shape index (κ3) is 3.33. The van der Waals surface area contributed by atoms with Crippen LogP contribution in [0.25, 0.3) is 10.9 Å². The van der Waals surface area contributed by atoms with E-state index >= 15 is 0 Å². The number of aromatic nitrogens is 1. The molecular formula is C22H25N3OS. The van der Waals surface area contributed by atoms with Crippen molar-refractivity contribution in [1.82, 2.24) is 10.3 Å². The van der Waals surface area contributed by atoms with Crippen molar-refractivity contribution in [2.24, 2.45) is 23.2 Å². The van der Waals surface area contributed by atoms with Gasteiger partial charge in [0.25, 0.3) is 0 Å². The molecule has 0 spiro atoms. The second kappa shape index (κ2) is 6.55. The van der Waals surface area contributed by atoms with Gasteiger partial charge < -0.3 is 10.6 Å². The maximum absolute atomic E-state index is 12.7. The highest BCUT2D eigenvalue weighted by molar-refractivity contribution is 7.80. The van der Waals surface area contributed by atoms with E-state index in [4.69, 9.17) is 12.2 Å². The molecule has 140 valence electrons. The molecule has 6 rings (SSSR count). The number of nitrogens with one attached hydrogen (secondary N) is 2. The lowest BCUT2D eigenvalue weighted by atomic mass is 9.49. The Bertz CT molecular complexity index is 869. The van der Waals surface area contributed by atoms with E-state index in [0.717, 1.165) is 34.3 Å². The average molecular weight is 380 g/mol. The zero-order valence-corrected chi connectivity index (χ0v) is 16.2. The first-order valence-corrected chi connectivity index (χ1v) is 10.4. The van der Waals surface area contributed by atoms with E-state index in [1.165, 1.54) is 38.5 Å². The SMILES string of the molecule is O=C(CC12CC3CC(CC(C3)C1)C2)NC(=S)Nc1cccc2ncccc12. The summed E-state index contributed by atoms with van der Waals surface area (Å²) in [6, 6.07) is 9.78. The molecule has 4 bridgehead atoms. The van der Waals surface area contributed by atoms with Gasteiger partial charge in [-0.1, -0.05) is 6.07 Å². The van der Waals surface area contributed by atoms with Crippen LogP contribution in [0.5, 0.6) is 0 Å². The molecule has 1 aromatic heterocycles. The quantitative estimate of drug-likeness (QED) is 0.762. The van der Waals surface area contributed by atoms with Crippen LogP contribution in [0.2, 0.25) is 0 Å². The van der Waals surface area contributed by atoms with Crippen molar-refractivity contribution in [3.8, 4) is 0 Å². The Balaban J connectivity index is 1.24. The number of pyridine rings is 1. The van der Waals surface area contributed by atoms with Crippen LogP contribution in [0.15, 0.2) is 36.5 Å². The van der Waals surface area contributed by atoms with Crippen molar-refractivity contribution in [1.29, 1.82) is 0 Å². The Labute approximate surface area is 165 Å². The number of rotatable bonds is 3. The van der Waals surface area contributed by atoms with E-state index in [-0.39, 0.29) is 11.3 Å². The first kappa shape index (κ1) is 17.1. The predicted molar refractivity (Wildman–Crippen MR) is 111 cm³/mol. The minimum atomic E-state index is 0.0628. The van der Waals surface area contributed by atoms with Gasteiger partial charge in [-0.2, -0.15) is 0 Å². The smallest absolute Gasteiger partial charge is 0.226 e.